The van der Waals surface area contributed by atoms with E-state index < -0.39 is 5.54 Å². The molecule has 1 aliphatic heterocycles. The molecule has 1 rings (SSSR count). The zero-order chi connectivity index (χ0) is 11.5. The van der Waals surface area contributed by atoms with E-state index in [4.69, 9.17) is 15.7 Å². The number of hydrogen-bond donors (Lipinski definition) is 1. The zero-order valence-corrected chi connectivity index (χ0v) is 9.86. The third-order valence-corrected chi connectivity index (χ3v) is 2.70. The van der Waals surface area contributed by atoms with E-state index >= 15 is 0 Å². The molecule has 0 aliphatic carbocycles. The van der Waals surface area contributed by atoms with Crippen molar-refractivity contribution >= 4 is 0 Å². The minimum atomic E-state index is -0.704. The van der Waals surface area contributed by atoms with Crippen LogP contribution in [0, 0.1) is 11.3 Å². The first-order chi connectivity index (χ1) is 6.93. The van der Waals surface area contributed by atoms with E-state index in [9.17, 15) is 0 Å². The lowest BCUT2D eigenvalue weighted by atomic mass is 10.0. The molecular weight excluding hydrogens is 190 g/mol. The molecule has 0 aromatic heterocycles. The molecule has 3 atom stereocenters. The van der Waals surface area contributed by atoms with Gasteiger partial charge in [-0.1, -0.05) is 0 Å². The average molecular weight is 211 g/mol. The van der Waals surface area contributed by atoms with Crippen molar-refractivity contribution < 1.29 is 4.74 Å². The second-order valence-electron chi connectivity index (χ2n) is 4.80. The van der Waals surface area contributed by atoms with Crippen molar-refractivity contribution in [1.29, 1.82) is 5.26 Å². The Labute approximate surface area is 92.0 Å². The summed E-state index contributed by atoms with van der Waals surface area (Å²) in [6.07, 6.45) is 1.27. The van der Waals surface area contributed by atoms with Gasteiger partial charge in [0.1, 0.15) is 5.54 Å². The van der Waals surface area contributed by atoms with E-state index in [1.54, 1.807) is 6.92 Å². The summed E-state index contributed by atoms with van der Waals surface area (Å²) in [6, 6.07) is 2.12. The monoisotopic (exact) mass is 211 g/mol. The Hall–Kier alpha value is -0.630. The van der Waals surface area contributed by atoms with Gasteiger partial charge in [-0.25, -0.2) is 0 Å². The number of nitriles is 1. The van der Waals surface area contributed by atoms with Crippen molar-refractivity contribution in [2.45, 2.75) is 44.9 Å². The van der Waals surface area contributed by atoms with E-state index in [1.165, 1.54) is 0 Å². The van der Waals surface area contributed by atoms with Crippen LogP contribution in [0.25, 0.3) is 0 Å². The van der Waals surface area contributed by atoms with Crippen LogP contribution in [0.1, 0.15) is 27.2 Å². The molecule has 4 heteroatoms. The van der Waals surface area contributed by atoms with Gasteiger partial charge in [0, 0.05) is 19.6 Å². The van der Waals surface area contributed by atoms with Crippen LogP contribution < -0.4 is 5.73 Å². The van der Waals surface area contributed by atoms with Crippen LogP contribution in [0.2, 0.25) is 0 Å². The summed E-state index contributed by atoms with van der Waals surface area (Å²) < 4.78 is 5.64. The molecule has 86 valence electrons. The standard InChI is InChI=1S/C11H21N3O/c1-9-6-14(7-10(2)15-9)5-4-11(3,13)8-12/h9-10H,4-7,13H2,1-3H3/t9-,10+,11?. The van der Waals surface area contributed by atoms with Gasteiger partial charge in [0.05, 0.1) is 18.3 Å². The van der Waals surface area contributed by atoms with Crippen LogP contribution in [-0.2, 0) is 4.74 Å². The highest BCUT2D eigenvalue weighted by Gasteiger charge is 2.24. The lowest BCUT2D eigenvalue weighted by molar-refractivity contribution is -0.0687. The molecule has 15 heavy (non-hydrogen) atoms. The first-order valence-corrected chi connectivity index (χ1v) is 5.51. The Morgan fingerprint density at radius 2 is 2.00 bits per heavy atom. The van der Waals surface area contributed by atoms with Gasteiger partial charge in [-0.15, -0.1) is 0 Å². The first kappa shape index (κ1) is 12.4. The number of nitrogens with two attached hydrogens (primary N) is 1. The Morgan fingerprint density at radius 1 is 1.47 bits per heavy atom. The maximum Gasteiger partial charge on any atom is 0.102 e. The van der Waals surface area contributed by atoms with Gasteiger partial charge >= 0.3 is 0 Å². The van der Waals surface area contributed by atoms with Gasteiger partial charge in [0.25, 0.3) is 0 Å². The normalized spacial score (nSPS) is 31.9. The largest absolute Gasteiger partial charge is 0.373 e. The van der Waals surface area contributed by atoms with Crippen molar-refractivity contribution in [3.63, 3.8) is 0 Å². The maximum absolute atomic E-state index is 8.81. The molecule has 1 aliphatic rings. The predicted octanol–water partition coefficient (Wildman–Crippen LogP) is 0.727. The molecule has 0 amide bonds. The minimum absolute atomic E-state index is 0.278. The molecule has 1 heterocycles. The summed E-state index contributed by atoms with van der Waals surface area (Å²) in [5.41, 5.74) is 5.08. The summed E-state index contributed by atoms with van der Waals surface area (Å²) >= 11 is 0. The van der Waals surface area contributed by atoms with Crippen LogP contribution >= 0.6 is 0 Å². The maximum atomic E-state index is 8.81. The van der Waals surface area contributed by atoms with Crippen LogP contribution in [0.4, 0.5) is 0 Å². The molecule has 1 saturated heterocycles. The average Bonchev–Trinajstić information content (AvgIpc) is 2.14. The van der Waals surface area contributed by atoms with Crippen molar-refractivity contribution in [2.24, 2.45) is 5.73 Å². The Morgan fingerprint density at radius 3 is 2.47 bits per heavy atom. The molecule has 1 unspecified atom stereocenters. The van der Waals surface area contributed by atoms with Gasteiger partial charge in [0.2, 0.25) is 0 Å². The Kier molecular flexibility index (Phi) is 4.09. The van der Waals surface area contributed by atoms with E-state index in [-0.39, 0.29) is 12.2 Å². The highest BCUT2D eigenvalue weighted by Crippen LogP contribution is 2.13. The van der Waals surface area contributed by atoms with Crippen LogP contribution in [-0.4, -0.2) is 42.3 Å². The topological polar surface area (TPSA) is 62.3 Å². The highest BCUT2D eigenvalue weighted by molar-refractivity contribution is 5.01. The van der Waals surface area contributed by atoms with Crippen molar-refractivity contribution in [3.05, 3.63) is 0 Å². The molecule has 1 fully saturated rings. The van der Waals surface area contributed by atoms with Gasteiger partial charge in [0.15, 0.2) is 0 Å². The minimum Gasteiger partial charge on any atom is -0.373 e. The van der Waals surface area contributed by atoms with Gasteiger partial charge in [-0.3, -0.25) is 4.90 Å². The molecule has 0 saturated carbocycles. The zero-order valence-electron chi connectivity index (χ0n) is 9.86. The quantitative estimate of drug-likeness (QED) is 0.747. The van der Waals surface area contributed by atoms with E-state index in [2.05, 4.69) is 24.8 Å². The van der Waals surface area contributed by atoms with E-state index in [0.29, 0.717) is 6.42 Å². The van der Waals surface area contributed by atoms with Gasteiger partial charge in [-0.05, 0) is 27.2 Å². The van der Waals surface area contributed by atoms with Crippen LogP contribution in [0.5, 0.6) is 0 Å². The SMILES string of the molecule is C[C@@H]1CN(CCC(C)(N)C#N)C[C@H](C)O1. The van der Waals surface area contributed by atoms with Crippen molar-refractivity contribution in [1.82, 2.24) is 4.90 Å². The van der Waals surface area contributed by atoms with Crippen LogP contribution in [0.3, 0.4) is 0 Å². The summed E-state index contributed by atoms with van der Waals surface area (Å²) in [5, 5.41) is 8.81. The van der Waals surface area contributed by atoms with Crippen molar-refractivity contribution in [2.75, 3.05) is 19.6 Å². The van der Waals surface area contributed by atoms with E-state index in [0.717, 1.165) is 19.6 Å². The third kappa shape index (κ3) is 4.17. The second-order valence-corrected chi connectivity index (χ2v) is 4.80. The number of nitrogens with zero attached hydrogens (tertiary/aromatic N) is 2. The van der Waals surface area contributed by atoms with Crippen molar-refractivity contribution in [3.8, 4) is 6.07 Å². The van der Waals surface area contributed by atoms with E-state index in [1.807, 2.05) is 0 Å². The first-order valence-electron chi connectivity index (χ1n) is 5.51. The molecule has 2 N–H and O–H groups in total. The Balaban J connectivity index is 2.36. The molecule has 0 radical (unpaired) electrons. The predicted molar refractivity (Wildman–Crippen MR) is 59.3 cm³/mol. The smallest absolute Gasteiger partial charge is 0.102 e. The number of ether oxygens (including phenoxy) is 1. The van der Waals surface area contributed by atoms with Gasteiger partial charge < -0.3 is 10.5 Å². The number of rotatable bonds is 3. The molecule has 0 bridgehead atoms. The van der Waals surface area contributed by atoms with Gasteiger partial charge in [-0.2, -0.15) is 5.26 Å². The molecule has 0 aromatic carbocycles. The number of morpholine rings is 1. The lowest BCUT2D eigenvalue weighted by Gasteiger charge is -2.36. The summed E-state index contributed by atoms with van der Waals surface area (Å²) in [6.45, 7) is 8.68. The fourth-order valence-electron chi connectivity index (χ4n) is 1.91. The molecular formula is C11H21N3O. The third-order valence-electron chi connectivity index (χ3n) is 2.70. The van der Waals surface area contributed by atoms with Crippen LogP contribution in [0.15, 0.2) is 0 Å². The fourth-order valence-corrected chi connectivity index (χ4v) is 1.91. The summed E-state index contributed by atoms with van der Waals surface area (Å²) in [5.74, 6) is 0. The number of hydrogen-bond acceptors (Lipinski definition) is 4. The summed E-state index contributed by atoms with van der Waals surface area (Å²) in [4.78, 5) is 2.32. The summed E-state index contributed by atoms with van der Waals surface area (Å²) in [7, 11) is 0. The lowest BCUT2D eigenvalue weighted by Crippen LogP contribution is -2.48. The molecule has 4 nitrogen and oxygen atoms in total. The molecule has 0 aromatic rings. The Bertz CT molecular complexity index is 237. The second kappa shape index (κ2) is 4.93. The fraction of sp³-hybridized carbons (Fsp3) is 0.909. The highest BCUT2D eigenvalue weighted by atomic mass is 16.5. The molecule has 0 spiro atoms.